The van der Waals surface area contributed by atoms with Gasteiger partial charge in [0.25, 0.3) is 0 Å². The molecule has 0 aliphatic carbocycles. The van der Waals surface area contributed by atoms with Crippen molar-refractivity contribution in [2.75, 3.05) is 33.9 Å². The molecule has 0 aromatic heterocycles. The Kier molecular flexibility index (Phi) is 4.10. The van der Waals surface area contributed by atoms with E-state index in [1.807, 2.05) is 32.0 Å². The third-order valence-corrected chi connectivity index (χ3v) is 4.74. The molecule has 0 spiro atoms. The van der Waals surface area contributed by atoms with Crippen LogP contribution in [0.2, 0.25) is 0 Å². The molecule has 0 saturated carbocycles. The highest BCUT2D eigenvalue weighted by molar-refractivity contribution is 5.97. The molecule has 2 aliphatic heterocycles. The number of likely N-dealkylation sites (tertiary alicyclic amines) is 1. The third kappa shape index (κ3) is 3.21. The summed E-state index contributed by atoms with van der Waals surface area (Å²) in [7, 11) is 3.73. The maximum atomic E-state index is 11.3. The summed E-state index contributed by atoms with van der Waals surface area (Å²) < 4.78 is 11.2. The van der Waals surface area contributed by atoms with Gasteiger partial charge in [0.1, 0.15) is 12.4 Å². The number of hydrogen-bond acceptors (Lipinski definition) is 5. The van der Waals surface area contributed by atoms with Crippen molar-refractivity contribution >= 4 is 5.90 Å². The van der Waals surface area contributed by atoms with Gasteiger partial charge in [-0.3, -0.25) is 0 Å². The van der Waals surface area contributed by atoms with Crippen LogP contribution in [0.15, 0.2) is 23.2 Å². The van der Waals surface area contributed by atoms with Crippen molar-refractivity contribution in [2.24, 2.45) is 4.99 Å². The molecule has 5 heteroatoms. The van der Waals surface area contributed by atoms with Gasteiger partial charge >= 0.3 is 0 Å². The Bertz CT molecular complexity index is 617. The minimum absolute atomic E-state index is 0.220. The van der Waals surface area contributed by atoms with Gasteiger partial charge < -0.3 is 19.5 Å². The lowest BCUT2D eigenvalue weighted by Gasteiger charge is -2.38. The largest absolute Gasteiger partial charge is 0.497 e. The quantitative estimate of drug-likeness (QED) is 0.928. The minimum atomic E-state index is -0.866. The second-order valence-electron chi connectivity index (χ2n) is 7.26. The van der Waals surface area contributed by atoms with E-state index in [1.165, 1.54) is 0 Å². The molecule has 2 heterocycles. The number of rotatable bonds is 3. The van der Waals surface area contributed by atoms with Gasteiger partial charge in [-0.15, -0.1) is 0 Å². The van der Waals surface area contributed by atoms with Gasteiger partial charge in [0.05, 0.1) is 18.2 Å². The van der Waals surface area contributed by atoms with Gasteiger partial charge in [0.15, 0.2) is 0 Å². The van der Waals surface area contributed by atoms with Crippen LogP contribution in [0, 0.1) is 0 Å². The van der Waals surface area contributed by atoms with Crippen LogP contribution in [0.1, 0.15) is 37.8 Å². The van der Waals surface area contributed by atoms with Crippen LogP contribution in [0.4, 0.5) is 0 Å². The number of methoxy groups -OCH3 is 1. The lowest BCUT2D eigenvalue weighted by Crippen LogP contribution is -2.41. The highest BCUT2D eigenvalue weighted by Crippen LogP contribution is 2.37. The van der Waals surface area contributed by atoms with Crippen molar-refractivity contribution in [1.82, 2.24) is 4.90 Å². The van der Waals surface area contributed by atoms with Gasteiger partial charge in [0.2, 0.25) is 5.90 Å². The second-order valence-corrected chi connectivity index (χ2v) is 7.26. The van der Waals surface area contributed by atoms with Crippen molar-refractivity contribution in [2.45, 2.75) is 37.8 Å². The van der Waals surface area contributed by atoms with Crippen LogP contribution < -0.4 is 4.74 Å². The van der Waals surface area contributed by atoms with Gasteiger partial charge in [-0.2, -0.15) is 0 Å². The monoisotopic (exact) mass is 318 g/mol. The summed E-state index contributed by atoms with van der Waals surface area (Å²) in [5.41, 5.74) is 0.654. The fraction of sp³-hybridized carbons (Fsp3) is 0.611. The van der Waals surface area contributed by atoms with Crippen molar-refractivity contribution in [3.63, 3.8) is 0 Å². The highest BCUT2D eigenvalue weighted by atomic mass is 16.5. The highest BCUT2D eigenvalue weighted by Gasteiger charge is 2.38. The summed E-state index contributed by atoms with van der Waals surface area (Å²) in [5, 5.41) is 11.3. The van der Waals surface area contributed by atoms with E-state index in [-0.39, 0.29) is 5.54 Å². The van der Waals surface area contributed by atoms with Crippen molar-refractivity contribution < 1.29 is 14.6 Å². The van der Waals surface area contributed by atoms with Crippen LogP contribution in [0.3, 0.4) is 0 Å². The molecule has 0 radical (unpaired) electrons. The zero-order valence-electron chi connectivity index (χ0n) is 14.4. The molecule has 0 amide bonds. The first-order valence-corrected chi connectivity index (χ1v) is 8.15. The number of aliphatic hydroxyl groups is 1. The molecular weight excluding hydrogens is 292 g/mol. The first kappa shape index (κ1) is 16.3. The van der Waals surface area contributed by atoms with E-state index in [1.54, 1.807) is 7.11 Å². The molecule has 1 aromatic rings. The topological polar surface area (TPSA) is 54.3 Å². The maximum absolute atomic E-state index is 11.3. The van der Waals surface area contributed by atoms with Crippen LogP contribution in [0.5, 0.6) is 5.75 Å². The lowest BCUT2D eigenvalue weighted by molar-refractivity contribution is -0.0207. The van der Waals surface area contributed by atoms with E-state index in [0.29, 0.717) is 25.3 Å². The smallest absolute Gasteiger partial charge is 0.217 e. The predicted octanol–water partition coefficient (Wildman–Crippen LogP) is 2.16. The Balaban J connectivity index is 2.04. The van der Waals surface area contributed by atoms with E-state index in [9.17, 15) is 5.11 Å². The van der Waals surface area contributed by atoms with Crippen molar-refractivity contribution in [3.8, 4) is 5.75 Å². The fourth-order valence-corrected chi connectivity index (χ4v) is 3.20. The van der Waals surface area contributed by atoms with E-state index >= 15 is 0 Å². The van der Waals surface area contributed by atoms with Crippen LogP contribution in [-0.2, 0) is 10.3 Å². The Morgan fingerprint density at radius 3 is 2.52 bits per heavy atom. The van der Waals surface area contributed by atoms with E-state index in [2.05, 4.69) is 16.9 Å². The molecular formula is C18H26N2O3. The summed E-state index contributed by atoms with van der Waals surface area (Å²) in [6.07, 6.45) is 1.39. The average Bonchev–Trinajstić information content (AvgIpc) is 2.90. The summed E-state index contributed by atoms with van der Waals surface area (Å²) in [5.74, 6) is 1.37. The predicted molar refractivity (Wildman–Crippen MR) is 90.2 cm³/mol. The summed E-state index contributed by atoms with van der Waals surface area (Å²) in [4.78, 5) is 6.92. The fourth-order valence-electron chi connectivity index (χ4n) is 3.20. The van der Waals surface area contributed by atoms with Crippen LogP contribution in [-0.4, -0.2) is 55.3 Å². The SMILES string of the molecule is COc1ccc(C2=NC(C)(C)CO2)c(C2(O)CCN(C)CC2)c1. The van der Waals surface area contributed by atoms with Crippen LogP contribution >= 0.6 is 0 Å². The van der Waals surface area contributed by atoms with Crippen LogP contribution in [0.25, 0.3) is 0 Å². The molecule has 1 N–H and O–H groups in total. The first-order valence-electron chi connectivity index (χ1n) is 8.15. The first-order chi connectivity index (χ1) is 10.8. The van der Waals surface area contributed by atoms with Gasteiger partial charge in [-0.1, -0.05) is 0 Å². The summed E-state index contributed by atoms with van der Waals surface area (Å²) in [6, 6.07) is 5.77. The molecule has 126 valence electrons. The Labute approximate surface area is 137 Å². The standard InChI is InChI=1S/C18H26N2O3/c1-17(2)12-23-16(19-17)14-6-5-13(22-4)11-15(14)18(21)7-9-20(3)10-8-18/h5-6,11,21H,7-10,12H2,1-4H3. The Morgan fingerprint density at radius 1 is 1.26 bits per heavy atom. The van der Waals surface area contributed by atoms with Crippen molar-refractivity contribution in [3.05, 3.63) is 29.3 Å². The number of hydrogen-bond donors (Lipinski definition) is 1. The second kappa shape index (κ2) is 5.80. The molecule has 0 bridgehead atoms. The minimum Gasteiger partial charge on any atom is -0.497 e. The number of ether oxygens (including phenoxy) is 2. The number of aliphatic imine (C=N–C) groups is 1. The van der Waals surface area contributed by atoms with Gasteiger partial charge in [-0.05, 0) is 57.5 Å². The molecule has 0 atom stereocenters. The molecule has 2 aliphatic rings. The van der Waals surface area contributed by atoms with E-state index in [4.69, 9.17) is 9.47 Å². The summed E-state index contributed by atoms with van der Waals surface area (Å²) >= 11 is 0. The molecule has 0 unspecified atom stereocenters. The maximum Gasteiger partial charge on any atom is 0.217 e. The third-order valence-electron chi connectivity index (χ3n) is 4.74. The summed E-state index contributed by atoms with van der Waals surface area (Å²) in [6.45, 7) is 6.40. The molecule has 1 saturated heterocycles. The van der Waals surface area contributed by atoms with E-state index < -0.39 is 5.60 Å². The zero-order chi connectivity index (χ0) is 16.7. The Morgan fingerprint density at radius 2 is 1.96 bits per heavy atom. The van der Waals surface area contributed by atoms with E-state index in [0.717, 1.165) is 30.0 Å². The lowest BCUT2D eigenvalue weighted by atomic mass is 9.82. The molecule has 23 heavy (non-hydrogen) atoms. The molecule has 1 aromatic carbocycles. The average molecular weight is 318 g/mol. The molecule has 3 rings (SSSR count). The molecule has 5 nitrogen and oxygen atoms in total. The Hall–Kier alpha value is -1.59. The van der Waals surface area contributed by atoms with Gasteiger partial charge in [-0.25, -0.2) is 4.99 Å². The number of benzene rings is 1. The normalized spacial score (nSPS) is 23.3. The molecule has 1 fully saturated rings. The zero-order valence-corrected chi connectivity index (χ0v) is 14.4. The number of nitrogens with zero attached hydrogens (tertiary/aromatic N) is 2. The number of piperidine rings is 1. The van der Waals surface area contributed by atoms with Crippen molar-refractivity contribution in [1.29, 1.82) is 0 Å². The van der Waals surface area contributed by atoms with Gasteiger partial charge in [0, 0.05) is 18.7 Å².